The number of ether oxygens (including phenoxy) is 1. The largest absolute Gasteiger partial charge is 0.481 e. The van der Waals surface area contributed by atoms with Crippen LogP contribution in [0.4, 0.5) is 0 Å². The molecule has 2 aromatic rings. The van der Waals surface area contributed by atoms with Gasteiger partial charge in [-0.2, -0.15) is 9.61 Å². The predicted octanol–water partition coefficient (Wildman–Crippen LogP) is 1.10. The van der Waals surface area contributed by atoms with Crippen molar-refractivity contribution >= 4 is 22.3 Å². The highest BCUT2D eigenvalue weighted by Gasteiger charge is 2.23. The van der Waals surface area contributed by atoms with Crippen LogP contribution < -0.4 is 0 Å². The Bertz CT molecular complexity index is 588. The van der Waals surface area contributed by atoms with E-state index in [-0.39, 0.29) is 6.42 Å². The Morgan fingerprint density at radius 1 is 1.42 bits per heavy atom. The molecule has 0 radical (unpaired) electrons. The van der Waals surface area contributed by atoms with Gasteiger partial charge in [-0.15, -0.1) is 10.2 Å². The Morgan fingerprint density at radius 3 is 2.95 bits per heavy atom. The van der Waals surface area contributed by atoms with Crippen molar-refractivity contribution in [2.24, 2.45) is 0 Å². The molecule has 0 atom stereocenters. The van der Waals surface area contributed by atoms with E-state index in [0.29, 0.717) is 12.3 Å². The second-order valence-electron chi connectivity index (χ2n) is 4.53. The molecular formula is C11H14N4O3S. The van der Waals surface area contributed by atoms with Crippen LogP contribution in [0.3, 0.4) is 0 Å². The fourth-order valence-corrected chi connectivity index (χ4v) is 3.04. The number of hydrogen-bond donors (Lipinski definition) is 1. The lowest BCUT2D eigenvalue weighted by atomic mass is 10.00. The minimum Gasteiger partial charge on any atom is -0.481 e. The van der Waals surface area contributed by atoms with Gasteiger partial charge in [0.15, 0.2) is 5.82 Å². The van der Waals surface area contributed by atoms with E-state index in [2.05, 4.69) is 15.3 Å². The van der Waals surface area contributed by atoms with Crippen LogP contribution in [-0.2, 0) is 16.0 Å². The summed E-state index contributed by atoms with van der Waals surface area (Å²) in [5.41, 5.74) is 0. The van der Waals surface area contributed by atoms with E-state index >= 15 is 0 Å². The van der Waals surface area contributed by atoms with E-state index in [1.807, 2.05) is 0 Å². The van der Waals surface area contributed by atoms with Gasteiger partial charge in [0.25, 0.3) is 0 Å². The lowest BCUT2D eigenvalue weighted by molar-refractivity contribution is -0.136. The lowest BCUT2D eigenvalue weighted by Gasteiger charge is -2.19. The van der Waals surface area contributed by atoms with Crippen molar-refractivity contribution in [3.05, 3.63) is 10.8 Å². The van der Waals surface area contributed by atoms with Gasteiger partial charge in [-0.05, 0) is 12.8 Å². The summed E-state index contributed by atoms with van der Waals surface area (Å²) in [5.74, 6) is 0.393. The molecule has 1 aliphatic rings. The van der Waals surface area contributed by atoms with Gasteiger partial charge < -0.3 is 9.84 Å². The van der Waals surface area contributed by atoms with Crippen molar-refractivity contribution in [1.29, 1.82) is 0 Å². The molecule has 0 bridgehead atoms. The first-order chi connectivity index (χ1) is 9.24. The fraction of sp³-hybridized carbons (Fsp3) is 0.636. The summed E-state index contributed by atoms with van der Waals surface area (Å²) >= 11 is 1.41. The van der Waals surface area contributed by atoms with Gasteiger partial charge in [0, 0.05) is 25.6 Å². The highest BCUT2D eigenvalue weighted by Crippen LogP contribution is 2.27. The number of rotatable bonds is 4. The highest BCUT2D eigenvalue weighted by molar-refractivity contribution is 7.16. The van der Waals surface area contributed by atoms with E-state index in [4.69, 9.17) is 9.84 Å². The van der Waals surface area contributed by atoms with Crippen LogP contribution in [0.25, 0.3) is 4.96 Å². The first-order valence-electron chi connectivity index (χ1n) is 6.24. The van der Waals surface area contributed by atoms with Crippen LogP contribution in [0, 0.1) is 0 Å². The Balaban J connectivity index is 1.83. The smallest absolute Gasteiger partial charge is 0.303 e. The summed E-state index contributed by atoms with van der Waals surface area (Å²) in [5, 5.41) is 22.2. The Labute approximate surface area is 113 Å². The molecule has 0 unspecified atom stereocenters. The first kappa shape index (κ1) is 12.5. The van der Waals surface area contributed by atoms with Gasteiger partial charge in [0.2, 0.25) is 4.96 Å². The Hall–Kier alpha value is -1.54. The molecule has 1 N–H and O–H groups in total. The van der Waals surface area contributed by atoms with Crippen molar-refractivity contribution < 1.29 is 14.6 Å². The van der Waals surface area contributed by atoms with Gasteiger partial charge in [-0.1, -0.05) is 11.3 Å². The average Bonchev–Trinajstić information content (AvgIpc) is 2.96. The normalized spacial score (nSPS) is 17.1. The van der Waals surface area contributed by atoms with Crippen LogP contribution in [0.1, 0.15) is 36.0 Å². The van der Waals surface area contributed by atoms with E-state index < -0.39 is 5.97 Å². The summed E-state index contributed by atoms with van der Waals surface area (Å²) in [6, 6.07) is 0. The van der Waals surface area contributed by atoms with Crippen LogP contribution in [0.15, 0.2) is 0 Å². The third-order valence-electron chi connectivity index (χ3n) is 3.20. The lowest BCUT2D eigenvalue weighted by Crippen LogP contribution is -2.16. The maximum Gasteiger partial charge on any atom is 0.303 e. The van der Waals surface area contributed by atoms with Crippen LogP contribution in [-0.4, -0.2) is 44.1 Å². The summed E-state index contributed by atoms with van der Waals surface area (Å²) in [4.78, 5) is 11.3. The molecule has 3 rings (SSSR count). The SMILES string of the molecule is O=C(O)CCc1nn2c(C3CCOCC3)nnc2s1. The molecule has 0 spiro atoms. The molecule has 0 saturated carbocycles. The number of carboxylic acid groups (broad SMARTS) is 1. The van der Waals surface area contributed by atoms with E-state index in [1.54, 1.807) is 4.52 Å². The molecule has 19 heavy (non-hydrogen) atoms. The number of carbonyl (C=O) groups is 1. The van der Waals surface area contributed by atoms with Crippen LogP contribution in [0.5, 0.6) is 0 Å². The zero-order chi connectivity index (χ0) is 13.2. The molecule has 102 valence electrons. The molecule has 1 aliphatic heterocycles. The molecule has 8 heteroatoms. The molecule has 0 amide bonds. The molecule has 0 aromatic carbocycles. The standard InChI is InChI=1S/C11H14N4O3S/c16-9(17)2-1-8-14-15-10(12-13-11(15)19-8)7-3-5-18-6-4-7/h7H,1-6H2,(H,16,17). The molecule has 1 fully saturated rings. The first-order valence-corrected chi connectivity index (χ1v) is 7.06. The minimum absolute atomic E-state index is 0.0939. The molecule has 1 saturated heterocycles. The Morgan fingerprint density at radius 2 is 2.21 bits per heavy atom. The van der Waals surface area contributed by atoms with Crippen molar-refractivity contribution in [2.75, 3.05) is 13.2 Å². The Kier molecular flexibility index (Phi) is 3.43. The number of aryl methyl sites for hydroxylation is 1. The zero-order valence-corrected chi connectivity index (χ0v) is 11.1. The van der Waals surface area contributed by atoms with Crippen molar-refractivity contribution in [3.63, 3.8) is 0 Å². The zero-order valence-electron chi connectivity index (χ0n) is 10.3. The second-order valence-corrected chi connectivity index (χ2v) is 5.57. The summed E-state index contributed by atoms with van der Waals surface area (Å²) in [6.07, 6.45) is 2.40. The molecule has 7 nitrogen and oxygen atoms in total. The average molecular weight is 282 g/mol. The van der Waals surface area contributed by atoms with Gasteiger partial charge in [-0.25, -0.2) is 0 Å². The quantitative estimate of drug-likeness (QED) is 0.903. The molecular weight excluding hydrogens is 268 g/mol. The molecule has 2 aromatic heterocycles. The number of aliphatic carboxylic acids is 1. The molecule has 3 heterocycles. The van der Waals surface area contributed by atoms with Gasteiger partial charge >= 0.3 is 5.97 Å². The number of carboxylic acids is 1. The van der Waals surface area contributed by atoms with Gasteiger partial charge in [0.1, 0.15) is 5.01 Å². The van der Waals surface area contributed by atoms with Crippen LogP contribution in [0.2, 0.25) is 0 Å². The third-order valence-corrected chi connectivity index (χ3v) is 4.15. The monoisotopic (exact) mass is 282 g/mol. The van der Waals surface area contributed by atoms with Gasteiger partial charge in [-0.3, -0.25) is 4.79 Å². The molecule has 0 aliphatic carbocycles. The maximum atomic E-state index is 10.6. The van der Waals surface area contributed by atoms with Gasteiger partial charge in [0.05, 0.1) is 6.42 Å². The van der Waals surface area contributed by atoms with E-state index in [9.17, 15) is 4.79 Å². The van der Waals surface area contributed by atoms with Crippen molar-refractivity contribution in [3.8, 4) is 0 Å². The summed E-state index contributed by atoms with van der Waals surface area (Å²) in [6.45, 7) is 1.49. The van der Waals surface area contributed by atoms with Crippen molar-refractivity contribution in [1.82, 2.24) is 19.8 Å². The third kappa shape index (κ3) is 2.59. The topological polar surface area (TPSA) is 89.6 Å². The summed E-state index contributed by atoms with van der Waals surface area (Å²) < 4.78 is 7.10. The highest BCUT2D eigenvalue weighted by atomic mass is 32.1. The van der Waals surface area contributed by atoms with Crippen molar-refractivity contribution in [2.45, 2.75) is 31.6 Å². The number of nitrogens with zero attached hydrogens (tertiary/aromatic N) is 4. The van der Waals surface area contributed by atoms with Crippen LogP contribution >= 0.6 is 11.3 Å². The number of hydrogen-bond acceptors (Lipinski definition) is 6. The van der Waals surface area contributed by atoms with E-state index in [1.165, 1.54) is 11.3 Å². The van der Waals surface area contributed by atoms with E-state index in [0.717, 1.165) is 41.8 Å². The summed E-state index contributed by atoms with van der Waals surface area (Å²) in [7, 11) is 0. The minimum atomic E-state index is -0.810. The maximum absolute atomic E-state index is 10.6. The predicted molar refractivity (Wildman–Crippen MR) is 67.4 cm³/mol. The number of fused-ring (bicyclic) bond motifs is 1. The fourth-order valence-electron chi connectivity index (χ4n) is 2.20. The second kappa shape index (κ2) is 5.22. The number of aromatic nitrogens is 4.